The van der Waals surface area contributed by atoms with E-state index in [0.717, 1.165) is 57.3 Å². The molecular formula is C20H36O5. The molecule has 2 aliphatic heterocycles. The zero-order chi connectivity index (χ0) is 18.1. The lowest BCUT2D eigenvalue weighted by Gasteiger charge is -2.33. The lowest BCUT2D eigenvalue weighted by atomic mass is 9.88. The van der Waals surface area contributed by atoms with E-state index in [9.17, 15) is 5.11 Å². The first-order valence-electron chi connectivity index (χ1n) is 9.87. The zero-order valence-corrected chi connectivity index (χ0v) is 15.9. The lowest BCUT2D eigenvalue weighted by Crippen LogP contribution is -2.41. The minimum atomic E-state index is -0.502. The molecule has 2 heterocycles. The highest BCUT2D eigenvalue weighted by atomic mass is 16.7. The Morgan fingerprint density at radius 2 is 2.20 bits per heavy atom. The van der Waals surface area contributed by atoms with Crippen molar-refractivity contribution in [2.24, 2.45) is 5.92 Å². The van der Waals surface area contributed by atoms with Gasteiger partial charge in [0.15, 0.2) is 6.29 Å². The summed E-state index contributed by atoms with van der Waals surface area (Å²) < 4.78 is 17.5. The van der Waals surface area contributed by atoms with E-state index in [1.165, 1.54) is 6.42 Å². The summed E-state index contributed by atoms with van der Waals surface area (Å²) in [5.41, 5.74) is 0.581. The van der Waals surface area contributed by atoms with E-state index in [0.29, 0.717) is 18.9 Å². The zero-order valence-electron chi connectivity index (χ0n) is 15.9. The van der Waals surface area contributed by atoms with Gasteiger partial charge in [0.1, 0.15) is 0 Å². The first-order chi connectivity index (χ1) is 12.0. The van der Waals surface area contributed by atoms with Crippen LogP contribution in [-0.4, -0.2) is 54.6 Å². The third-order valence-corrected chi connectivity index (χ3v) is 5.49. The van der Waals surface area contributed by atoms with Gasteiger partial charge in [-0.25, -0.2) is 0 Å². The van der Waals surface area contributed by atoms with Crippen LogP contribution >= 0.6 is 0 Å². The highest BCUT2D eigenvalue weighted by molar-refractivity contribution is 5.06. The first-order valence-corrected chi connectivity index (χ1v) is 9.87. The summed E-state index contributed by atoms with van der Waals surface area (Å²) >= 11 is 0. The Morgan fingerprint density at radius 1 is 1.36 bits per heavy atom. The molecular weight excluding hydrogens is 320 g/mol. The Balaban J connectivity index is 1.68. The Morgan fingerprint density at radius 3 is 2.92 bits per heavy atom. The van der Waals surface area contributed by atoms with Gasteiger partial charge in [0.05, 0.1) is 31.5 Å². The van der Waals surface area contributed by atoms with Gasteiger partial charge < -0.3 is 24.4 Å². The standard InChI is InChI=1S/C20H36O5/c1-16(14-24-19-7-3-4-13-23-19)6-5-11-20(2)18(22)9-8-17(10-12-21)15-25-20/h10,16,18-19,21-22H,3-9,11-15H2,1-2H3/b17-10+. The summed E-state index contributed by atoms with van der Waals surface area (Å²) in [6, 6.07) is 0. The Bertz CT molecular complexity index is 405. The summed E-state index contributed by atoms with van der Waals surface area (Å²) in [4.78, 5) is 0. The molecule has 2 rings (SSSR count). The first kappa shape index (κ1) is 20.8. The highest BCUT2D eigenvalue weighted by Crippen LogP contribution is 2.31. The molecule has 0 aromatic heterocycles. The van der Waals surface area contributed by atoms with Gasteiger partial charge in [-0.3, -0.25) is 0 Å². The van der Waals surface area contributed by atoms with Crippen LogP contribution < -0.4 is 0 Å². The quantitative estimate of drug-likeness (QED) is 0.654. The topological polar surface area (TPSA) is 68.2 Å². The predicted molar refractivity (Wildman–Crippen MR) is 97.3 cm³/mol. The van der Waals surface area contributed by atoms with Crippen molar-refractivity contribution in [1.29, 1.82) is 0 Å². The van der Waals surface area contributed by atoms with Crippen LogP contribution in [-0.2, 0) is 14.2 Å². The molecule has 0 bridgehead atoms. The summed E-state index contributed by atoms with van der Waals surface area (Å²) in [6.45, 7) is 6.31. The van der Waals surface area contributed by atoms with Gasteiger partial charge >= 0.3 is 0 Å². The van der Waals surface area contributed by atoms with Crippen molar-refractivity contribution in [2.75, 3.05) is 26.4 Å². The molecule has 0 amide bonds. The smallest absolute Gasteiger partial charge is 0.157 e. The molecule has 0 aromatic rings. The predicted octanol–water partition coefficient (Wildman–Crippen LogP) is 3.18. The number of ether oxygens (including phenoxy) is 3. The highest BCUT2D eigenvalue weighted by Gasteiger charge is 2.35. The van der Waals surface area contributed by atoms with Gasteiger partial charge in [-0.2, -0.15) is 0 Å². The SMILES string of the molecule is CC(CCCC1(C)OC/C(=C/CO)CCC1O)COC1CCCCO1. The van der Waals surface area contributed by atoms with E-state index in [1.807, 2.05) is 6.92 Å². The summed E-state index contributed by atoms with van der Waals surface area (Å²) in [5, 5.41) is 19.5. The van der Waals surface area contributed by atoms with Crippen molar-refractivity contribution in [3.8, 4) is 0 Å². The molecule has 4 atom stereocenters. The second kappa shape index (κ2) is 10.6. The monoisotopic (exact) mass is 356 g/mol. The van der Waals surface area contributed by atoms with Crippen molar-refractivity contribution in [3.63, 3.8) is 0 Å². The molecule has 146 valence electrons. The maximum absolute atomic E-state index is 10.5. The van der Waals surface area contributed by atoms with Gasteiger partial charge in [0, 0.05) is 6.61 Å². The van der Waals surface area contributed by atoms with Gasteiger partial charge in [0.2, 0.25) is 0 Å². The van der Waals surface area contributed by atoms with Crippen molar-refractivity contribution in [3.05, 3.63) is 11.6 Å². The number of hydrogen-bond acceptors (Lipinski definition) is 5. The van der Waals surface area contributed by atoms with E-state index in [4.69, 9.17) is 19.3 Å². The van der Waals surface area contributed by atoms with Crippen LogP contribution in [0, 0.1) is 5.92 Å². The van der Waals surface area contributed by atoms with Crippen molar-refractivity contribution >= 4 is 0 Å². The summed E-state index contributed by atoms with van der Waals surface area (Å²) in [7, 11) is 0. The molecule has 0 saturated carbocycles. The van der Waals surface area contributed by atoms with E-state index < -0.39 is 11.7 Å². The molecule has 2 N–H and O–H groups in total. The van der Waals surface area contributed by atoms with Gasteiger partial charge in [-0.15, -0.1) is 0 Å². The molecule has 0 spiro atoms. The number of rotatable bonds is 8. The minimum absolute atomic E-state index is 0.0162. The second-order valence-corrected chi connectivity index (χ2v) is 7.83. The van der Waals surface area contributed by atoms with E-state index in [2.05, 4.69) is 6.92 Å². The number of aliphatic hydroxyl groups excluding tert-OH is 2. The average Bonchev–Trinajstić information content (AvgIpc) is 2.75. The molecule has 0 aliphatic carbocycles. The molecule has 0 radical (unpaired) electrons. The molecule has 4 unspecified atom stereocenters. The molecule has 2 saturated heterocycles. The number of aliphatic hydroxyl groups is 2. The van der Waals surface area contributed by atoms with Crippen LogP contribution in [0.25, 0.3) is 0 Å². The molecule has 25 heavy (non-hydrogen) atoms. The Hall–Kier alpha value is -0.460. The van der Waals surface area contributed by atoms with Crippen molar-refractivity contribution in [1.82, 2.24) is 0 Å². The molecule has 2 fully saturated rings. The van der Waals surface area contributed by atoms with Crippen LogP contribution in [0.5, 0.6) is 0 Å². The van der Waals surface area contributed by atoms with Crippen molar-refractivity contribution in [2.45, 2.75) is 83.2 Å². The van der Waals surface area contributed by atoms with Gasteiger partial charge in [-0.1, -0.05) is 19.4 Å². The summed E-state index contributed by atoms with van der Waals surface area (Å²) in [5.74, 6) is 0.474. The second-order valence-electron chi connectivity index (χ2n) is 7.83. The normalized spacial score (nSPS) is 34.0. The van der Waals surface area contributed by atoms with Crippen LogP contribution in [0.1, 0.15) is 65.2 Å². The van der Waals surface area contributed by atoms with Crippen LogP contribution in [0.15, 0.2) is 11.6 Å². The fourth-order valence-electron chi connectivity index (χ4n) is 3.58. The Labute approximate surface area is 152 Å². The van der Waals surface area contributed by atoms with Crippen LogP contribution in [0.4, 0.5) is 0 Å². The lowest BCUT2D eigenvalue weighted by molar-refractivity contribution is -0.168. The van der Waals surface area contributed by atoms with E-state index >= 15 is 0 Å². The molecule has 2 aliphatic rings. The van der Waals surface area contributed by atoms with Gasteiger partial charge in [-0.05, 0) is 63.4 Å². The fraction of sp³-hybridized carbons (Fsp3) is 0.900. The molecule has 5 heteroatoms. The van der Waals surface area contributed by atoms with Crippen LogP contribution in [0.2, 0.25) is 0 Å². The Kier molecular flexibility index (Phi) is 8.87. The van der Waals surface area contributed by atoms with E-state index in [1.54, 1.807) is 6.08 Å². The third-order valence-electron chi connectivity index (χ3n) is 5.49. The largest absolute Gasteiger partial charge is 0.392 e. The van der Waals surface area contributed by atoms with E-state index in [-0.39, 0.29) is 12.9 Å². The maximum atomic E-state index is 10.5. The third kappa shape index (κ3) is 6.99. The number of hydrogen-bond donors (Lipinski definition) is 2. The average molecular weight is 357 g/mol. The fourth-order valence-corrected chi connectivity index (χ4v) is 3.58. The van der Waals surface area contributed by atoms with Gasteiger partial charge in [0.25, 0.3) is 0 Å². The van der Waals surface area contributed by atoms with Crippen LogP contribution in [0.3, 0.4) is 0 Å². The van der Waals surface area contributed by atoms with Crippen molar-refractivity contribution < 1.29 is 24.4 Å². The maximum Gasteiger partial charge on any atom is 0.157 e. The molecule has 5 nitrogen and oxygen atoms in total. The minimum Gasteiger partial charge on any atom is -0.392 e. The molecule has 0 aromatic carbocycles. The summed E-state index contributed by atoms with van der Waals surface area (Å²) in [6.07, 6.45) is 9.05.